The van der Waals surface area contributed by atoms with E-state index in [0.29, 0.717) is 6.42 Å². The summed E-state index contributed by atoms with van der Waals surface area (Å²) in [6.07, 6.45) is 3.33. The summed E-state index contributed by atoms with van der Waals surface area (Å²) >= 11 is 0. The summed E-state index contributed by atoms with van der Waals surface area (Å²) < 4.78 is 51.1. The molecule has 25 heavy (non-hydrogen) atoms. The van der Waals surface area contributed by atoms with Crippen LogP contribution in [0.5, 0.6) is 0 Å². The first-order valence-corrected chi connectivity index (χ1v) is 11.0. The molecule has 1 heterocycles. The largest absolute Gasteiger partial charge is 0.361 e. The van der Waals surface area contributed by atoms with Gasteiger partial charge in [0.2, 0.25) is 10.0 Å². The number of aromatic amines is 1. The fourth-order valence-electron chi connectivity index (χ4n) is 2.71. The van der Waals surface area contributed by atoms with Crippen molar-refractivity contribution in [1.82, 2.24) is 9.71 Å². The first-order chi connectivity index (χ1) is 11.8. The Balaban J connectivity index is 1.79. The van der Waals surface area contributed by atoms with E-state index >= 15 is 0 Å². The fourth-order valence-corrected chi connectivity index (χ4v) is 5.37. The Morgan fingerprint density at radius 3 is 2.28 bits per heavy atom. The molecule has 0 saturated carbocycles. The van der Waals surface area contributed by atoms with E-state index < -0.39 is 19.9 Å². The van der Waals surface area contributed by atoms with Gasteiger partial charge in [-0.05, 0) is 30.2 Å². The van der Waals surface area contributed by atoms with Crippen molar-refractivity contribution < 1.29 is 16.8 Å². The Bertz CT molecular complexity index is 1120. The van der Waals surface area contributed by atoms with Crippen LogP contribution in [0.25, 0.3) is 10.9 Å². The van der Waals surface area contributed by atoms with Gasteiger partial charge in [0.1, 0.15) is 4.90 Å². The molecule has 0 aliphatic rings. The molecule has 132 valence electrons. The van der Waals surface area contributed by atoms with Gasteiger partial charge in [0.25, 0.3) is 0 Å². The number of rotatable bonds is 6. The van der Waals surface area contributed by atoms with E-state index in [1.54, 1.807) is 0 Å². The standard InChI is InChI=1S/C17H18N2O4S2/c1-24(20,21)16-8-4-5-9-17(16)25(22,23)19-11-10-13-12-18-15-7-3-2-6-14(13)15/h2-9,12,18-19H,10-11H2,1H3. The van der Waals surface area contributed by atoms with Crippen molar-refractivity contribution in [3.63, 3.8) is 0 Å². The van der Waals surface area contributed by atoms with E-state index in [2.05, 4.69) is 9.71 Å². The lowest BCUT2D eigenvalue weighted by Crippen LogP contribution is -2.27. The quantitative estimate of drug-likeness (QED) is 0.686. The number of hydrogen-bond donors (Lipinski definition) is 2. The van der Waals surface area contributed by atoms with Crippen LogP contribution < -0.4 is 4.72 Å². The smallest absolute Gasteiger partial charge is 0.241 e. The molecule has 0 unspecified atom stereocenters. The highest BCUT2D eigenvalue weighted by molar-refractivity contribution is 7.93. The maximum atomic E-state index is 12.5. The van der Waals surface area contributed by atoms with Crippen LogP contribution in [0.2, 0.25) is 0 Å². The second kappa shape index (κ2) is 6.62. The van der Waals surface area contributed by atoms with Crippen LogP contribution in [-0.4, -0.2) is 34.6 Å². The van der Waals surface area contributed by atoms with E-state index in [9.17, 15) is 16.8 Å². The van der Waals surface area contributed by atoms with E-state index in [1.807, 2.05) is 30.5 Å². The first kappa shape index (κ1) is 17.7. The summed E-state index contributed by atoms with van der Waals surface area (Å²) in [5, 5.41) is 1.04. The lowest BCUT2D eigenvalue weighted by molar-refractivity contribution is 0.574. The summed E-state index contributed by atoms with van der Waals surface area (Å²) in [5.74, 6) is 0. The third-order valence-corrected chi connectivity index (χ3v) is 6.70. The maximum Gasteiger partial charge on any atom is 0.241 e. The summed E-state index contributed by atoms with van der Waals surface area (Å²) in [4.78, 5) is 2.71. The number of aromatic nitrogens is 1. The third-order valence-electron chi connectivity index (χ3n) is 3.90. The van der Waals surface area contributed by atoms with Crippen LogP contribution in [0.15, 0.2) is 64.5 Å². The normalized spacial score (nSPS) is 12.5. The molecular formula is C17H18N2O4S2. The van der Waals surface area contributed by atoms with Gasteiger partial charge in [-0.25, -0.2) is 21.6 Å². The second-order valence-electron chi connectivity index (χ2n) is 5.73. The van der Waals surface area contributed by atoms with Gasteiger partial charge < -0.3 is 4.98 Å². The number of sulfone groups is 1. The van der Waals surface area contributed by atoms with Crippen molar-refractivity contribution in [1.29, 1.82) is 0 Å². The molecule has 0 aliphatic carbocycles. The molecule has 0 amide bonds. The zero-order valence-corrected chi connectivity index (χ0v) is 15.2. The van der Waals surface area contributed by atoms with E-state index in [0.717, 1.165) is 22.7 Å². The minimum absolute atomic E-state index is 0.169. The molecule has 0 saturated heterocycles. The number of fused-ring (bicyclic) bond motifs is 1. The first-order valence-electron chi connectivity index (χ1n) is 7.63. The molecule has 0 aliphatic heterocycles. The maximum absolute atomic E-state index is 12.5. The van der Waals surface area contributed by atoms with Crippen molar-refractivity contribution in [3.05, 3.63) is 60.3 Å². The molecule has 3 aromatic rings. The molecule has 2 N–H and O–H groups in total. The number of H-pyrrole nitrogens is 1. The number of nitrogens with one attached hydrogen (secondary N) is 2. The average molecular weight is 378 g/mol. The lowest BCUT2D eigenvalue weighted by atomic mass is 10.1. The molecular weight excluding hydrogens is 360 g/mol. The molecule has 2 aromatic carbocycles. The monoisotopic (exact) mass is 378 g/mol. The molecule has 0 bridgehead atoms. The van der Waals surface area contributed by atoms with E-state index in [1.165, 1.54) is 24.3 Å². The van der Waals surface area contributed by atoms with Gasteiger partial charge in [0.15, 0.2) is 9.84 Å². The highest BCUT2D eigenvalue weighted by atomic mass is 32.2. The number of hydrogen-bond acceptors (Lipinski definition) is 4. The molecule has 8 heteroatoms. The highest BCUT2D eigenvalue weighted by Gasteiger charge is 2.23. The minimum Gasteiger partial charge on any atom is -0.361 e. The molecule has 0 atom stereocenters. The zero-order valence-electron chi connectivity index (χ0n) is 13.6. The van der Waals surface area contributed by atoms with Crippen LogP contribution in [0.4, 0.5) is 0 Å². The second-order valence-corrected chi connectivity index (χ2v) is 9.45. The Morgan fingerprint density at radius 2 is 1.56 bits per heavy atom. The topological polar surface area (TPSA) is 96.1 Å². The van der Waals surface area contributed by atoms with Crippen LogP contribution >= 0.6 is 0 Å². The van der Waals surface area contributed by atoms with Gasteiger partial charge in [0.05, 0.1) is 4.90 Å². The molecule has 3 rings (SSSR count). The Morgan fingerprint density at radius 1 is 0.920 bits per heavy atom. The Hall–Kier alpha value is -2.16. The van der Waals surface area contributed by atoms with Crippen LogP contribution in [-0.2, 0) is 26.3 Å². The van der Waals surface area contributed by atoms with Crippen LogP contribution in [0.3, 0.4) is 0 Å². The predicted molar refractivity (Wildman–Crippen MR) is 96.7 cm³/mol. The number of sulfonamides is 1. The number of para-hydroxylation sites is 1. The SMILES string of the molecule is CS(=O)(=O)c1ccccc1S(=O)(=O)NCCc1c[nH]c2ccccc12. The van der Waals surface area contributed by atoms with Crippen LogP contribution in [0.1, 0.15) is 5.56 Å². The average Bonchev–Trinajstić information content (AvgIpc) is 2.97. The van der Waals surface area contributed by atoms with Gasteiger partial charge in [-0.3, -0.25) is 0 Å². The fraction of sp³-hybridized carbons (Fsp3) is 0.176. The molecule has 0 spiro atoms. The Labute approximate surface area is 146 Å². The van der Waals surface area contributed by atoms with Gasteiger partial charge in [0, 0.05) is 29.9 Å². The van der Waals surface area contributed by atoms with Gasteiger partial charge in [-0.15, -0.1) is 0 Å². The van der Waals surface area contributed by atoms with Crippen LogP contribution in [0, 0.1) is 0 Å². The minimum atomic E-state index is -3.92. The lowest BCUT2D eigenvalue weighted by Gasteiger charge is -2.10. The van der Waals surface area contributed by atoms with E-state index in [-0.39, 0.29) is 16.3 Å². The van der Waals surface area contributed by atoms with Gasteiger partial charge in [-0.1, -0.05) is 30.3 Å². The predicted octanol–water partition coefficient (Wildman–Crippen LogP) is 2.09. The summed E-state index contributed by atoms with van der Waals surface area (Å²) in [7, 11) is -7.56. The molecule has 0 radical (unpaired) electrons. The summed E-state index contributed by atoms with van der Waals surface area (Å²) in [6.45, 7) is 0.169. The Kier molecular flexibility index (Phi) is 4.68. The molecule has 1 aromatic heterocycles. The molecule has 6 nitrogen and oxygen atoms in total. The van der Waals surface area contributed by atoms with Gasteiger partial charge in [-0.2, -0.15) is 0 Å². The molecule has 0 fully saturated rings. The van der Waals surface area contributed by atoms with Crippen molar-refractivity contribution in [2.75, 3.05) is 12.8 Å². The number of benzene rings is 2. The van der Waals surface area contributed by atoms with Crippen molar-refractivity contribution >= 4 is 30.8 Å². The van der Waals surface area contributed by atoms with E-state index in [4.69, 9.17) is 0 Å². The highest BCUT2D eigenvalue weighted by Crippen LogP contribution is 2.21. The van der Waals surface area contributed by atoms with Crippen molar-refractivity contribution in [2.24, 2.45) is 0 Å². The zero-order chi connectivity index (χ0) is 18.1. The van der Waals surface area contributed by atoms with Crippen molar-refractivity contribution in [3.8, 4) is 0 Å². The summed E-state index contributed by atoms with van der Waals surface area (Å²) in [6, 6.07) is 13.4. The third kappa shape index (κ3) is 3.76. The summed E-state index contributed by atoms with van der Waals surface area (Å²) in [5.41, 5.74) is 1.98. The van der Waals surface area contributed by atoms with Gasteiger partial charge >= 0.3 is 0 Å². The van der Waals surface area contributed by atoms with Crippen molar-refractivity contribution in [2.45, 2.75) is 16.2 Å².